The Balaban J connectivity index is 2.70. The lowest BCUT2D eigenvalue weighted by atomic mass is 10.3. The summed E-state index contributed by atoms with van der Waals surface area (Å²) in [4.78, 5) is 10.9. The molecule has 0 aromatic heterocycles. The molecule has 0 bridgehead atoms. The van der Waals surface area contributed by atoms with Gasteiger partial charge in [0.1, 0.15) is 0 Å². The lowest BCUT2D eigenvalue weighted by Crippen LogP contribution is -1.94. The lowest BCUT2D eigenvalue weighted by Gasteiger charge is -2.09. The van der Waals surface area contributed by atoms with Crippen molar-refractivity contribution in [1.29, 1.82) is 0 Å². The van der Waals surface area contributed by atoms with E-state index in [9.17, 15) is 4.79 Å². The number of allylic oxidation sites excluding steroid dienone is 2. The van der Waals surface area contributed by atoms with Gasteiger partial charge in [-0.15, -0.1) is 11.8 Å². The number of carbonyl (C=O) groups is 1. The number of aldehydes is 1. The molecule has 1 aliphatic rings. The molecule has 9 heavy (non-hydrogen) atoms. The van der Waals surface area contributed by atoms with Gasteiger partial charge in [-0.2, -0.15) is 0 Å². The fourth-order valence-corrected chi connectivity index (χ4v) is 1.89. The van der Waals surface area contributed by atoms with Crippen molar-refractivity contribution < 1.29 is 4.79 Å². The van der Waals surface area contributed by atoms with Crippen molar-refractivity contribution in [1.82, 2.24) is 0 Å². The first-order chi connectivity index (χ1) is 4.34. The number of rotatable bonds is 1. The van der Waals surface area contributed by atoms with Crippen molar-refractivity contribution in [3.8, 4) is 0 Å². The van der Waals surface area contributed by atoms with Gasteiger partial charge in [0.2, 0.25) is 0 Å². The van der Waals surface area contributed by atoms with Crippen molar-refractivity contribution in [2.45, 2.75) is 12.8 Å². The summed E-state index contributed by atoms with van der Waals surface area (Å²) >= 11 is 7.26. The SMILES string of the molecule is O=CC1=C(Cl)CCCS1. The quantitative estimate of drug-likeness (QED) is 0.550. The van der Waals surface area contributed by atoms with Crippen LogP contribution in [0, 0.1) is 0 Å². The van der Waals surface area contributed by atoms with Crippen molar-refractivity contribution in [2.24, 2.45) is 0 Å². The van der Waals surface area contributed by atoms with Crippen LogP contribution < -0.4 is 0 Å². The molecule has 0 atom stereocenters. The molecule has 3 heteroatoms. The normalized spacial score (nSPS) is 20.1. The fraction of sp³-hybridized carbons (Fsp3) is 0.500. The molecule has 0 saturated heterocycles. The van der Waals surface area contributed by atoms with Crippen LogP contribution >= 0.6 is 23.4 Å². The summed E-state index contributed by atoms with van der Waals surface area (Å²) in [7, 11) is 0. The Morgan fingerprint density at radius 1 is 1.67 bits per heavy atom. The summed E-state index contributed by atoms with van der Waals surface area (Å²) in [6.45, 7) is 0. The van der Waals surface area contributed by atoms with E-state index >= 15 is 0 Å². The number of halogens is 1. The van der Waals surface area contributed by atoms with E-state index in [2.05, 4.69) is 0 Å². The molecule has 1 heterocycles. The highest BCUT2D eigenvalue weighted by atomic mass is 35.5. The van der Waals surface area contributed by atoms with E-state index in [1.54, 1.807) is 11.8 Å². The molecule has 0 saturated carbocycles. The molecular formula is C6H7ClOS. The van der Waals surface area contributed by atoms with Crippen molar-refractivity contribution >= 4 is 29.6 Å². The molecule has 50 valence electrons. The van der Waals surface area contributed by atoms with Crippen LogP contribution in [0.4, 0.5) is 0 Å². The van der Waals surface area contributed by atoms with E-state index in [-0.39, 0.29) is 0 Å². The van der Waals surface area contributed by atoms with Gasteiger partial charge < -0.3 is 0 Å². The highest BCUT2D eigenvalue weighted by Crippen LogP contribution is 2.30. The van der Waals surface area contributed by atoms with Crippen LogP contribution in [0.25, 0.3) is 0 Å². The average molecular weight is 163 g/mol. The largest absolute Gasteiger partial charge is 0.297 e. The first-order valence-corrected chi connectivity index (χ1v) is 4.17. The van der Waals surface area contributed by atoms with Gasteiger partial charge in [0.05, 0.1) is 4.91 Å². The van der Waals surface area contributed by atoms with Crippen LogP contribution in [-0.2, 0) is 4.79 Å². The summed E-state index contributed by atoms with van der Waals surface area (Å²) in [6.07, 6.45) is 2.82. The minimum absolute atomic E-state index is 0.725. The van der Waals surface area contributed by atoms with Crippen LogP contribution in [-0.4, -0.2) is 12.0 Å². The Hall–Kier alpha value is 0.0500. The molecule has 1 nitrogen and oxygen atoms in total. The minimum Gasteiger partial charge on any atom is -0.297 e. The second kappa shape index (κ2) is 3.28. The molecule has 0 aromatic rings. The van der Waals surface area contributed by atoms with Gasteiger partial charge in [-0.05, 0) is 18.6 Å². The third-order valence-electron chi connectivity index (χ3n) is 1.17. The molecule has 0 amide bonds. The Kier molecular flexibility index (Phi) is 2.61. The first kappa shape index (κ1) is 7.16. The van der Waals surface area contributed by atoms with Crippen LogP contribution in [0.3, 0.4) is 0 Å². The topological polar surface area (TPSA) is 17.1 Å². The van der Waals surface area contributed by atoms with E-state index in [4.69, 9.17) is 11.6 Å². The Labute approximate surface area is 63.5 Å². The molecule has 0 spiro atoms. The first-order valence-electron chi connectivity index (χ1n) is 2.81. The highest BCUT2D eigenvalue weighted by molar-refractivity contribution is 8.04. The van der Waals surface area contributed by atoms with E-state index in [0.29, 0.717) is 0 Å². The van der Waals surface area contributed by atoms with E-state index in [1.165, 1.54) is 0 Å². The predicted octanol–water partition coefficient (Wildman–Crippen LogP) is 2.16. The Morgan fingerprint density at radius 2 is 2.44 bits per heavy atom. The number of carbonyl (C=O) groups excluding carboxylic acids is 1. The summed E-state index contributed by atoms with van der Waals surface area (Å²) < 4.78 is 0. The molecule has 0 unspecified atom stereocenters. The number of hydrogen-bond acceptors (Lipinski definition) is 2. The van der Waals surface area contributed by atoms with Crippen LogP contribution in [0.15, 0.2) is 9.94 Å². The third kappa shape index (κ3) is 1.73. The number of thioether (sulfide) groups is 1. The maximum atomic E-state index is 10.2. The zero-order valence-electron chi connectivity index (χ0n) is 4.89. The van der Waals surface area contributed by atoms with Crippen molar-refractivity contribution in [3.05, 3.63) is 9.94 Å². The molecule has 1 aliphatic heterocycles. The molecule has 1 rings (SSSR count). The minimum atomic E-state index is 0.725. The molecule has 0 aromatic carbocycles. The van der Waals surface area contributed by atoms with Gasteiger partial charge in [0, 0.05) is 5.03 Å². The second-order valence-corrected chi connectivity index (χ2v) is 3.43. The van der Waals surface area contributed by atoms with Crippen molar-refractivity contribution in [3.63, 3.8) is 0 Å². The van der Waals surface area contributed by atoms with E-state index in [1.807, 2.05) is 0 Å². The van der Waals surface area contributed by atoms with Gasteiger partial charge in [0.25, 0.3) is 0 Å². The van der Waals surface area contributed by atoms with E-state index in [0.717, 1.165) is 34.8 Å². The van der Waals surface area contributed by atoms with Gasteiger partial charge in [-0.25, -0.2) is 0 Å². The maximum absolute atomic E-state index is 10.2. The average Bonchev–Trinajstić information content (AvgIpc) is 1.89. The molecule has 0 aliphatic carbocycles. The van der Waals surface area contributed by atoms with Crippen LogP contribution in [0.1, 0.15) is 12.8 Å². The summed E-state index contributed by atoms with van der Waals surface area (Å²) in [5, 5.41) is 0.737. The fourth-order valence-electron chi connectivity index (χ4n) is 0.709. The molecular weight excluding hydrogens is 156 g/mol. The third-order valence-corrected chi connectivity index (χ3v) is 2.82. The molecule has 0 fully saturated rings. The van der Waals surface area contributed by atoms with Crippen molar-refractivity contribution in [2.75, 3.05) is 5.75 Å². The monoisotopic (exact) mass is 162 g/mol. The van der Waals surface area contributed by atoms with Gasteiger partial charge in [-0.3, -0.25) is 4.79 Å². The molecule has 0 radical (unpaired) electrons. The Bertz CT molecular complexity index is 153. The zero-order chi connectivity index (χ0) is 6.69. The maximum Gasteiger partial charge on any atom is 0.157 e. The number of hydrogen-bond donors (Lipinski definition) is 0. The van der Waals surface area contributed by atoms with Gasteiger partial charge in [0.15, 0.2) is 6.29 Å². The molecule has 0 N–H and O–H groups in total. The zero-order valence-corrected chi connectivity index (χ0v) is 6.47. The predicted molar refractivity (Wildman–Crippen MR) is 40.6 cm³/mol. The van der Waals surface area contributed by atoms with Crippen LogP contribution in [0.5, 0.6) is 0 Å². The highest BCUT2D eigenvalue weighted by Gasteiger charge is 2.09. The van der Waals surface area contributed by atoms with Gasteiger partial charge >= 0.3 is 0 Å². The van der Waals surface area contributed by atoms with E-state index < -0.39 is 0 Å². The summed E-state index contributed by atoms with van der Waals surface area (Å²) in [5.41, 5.74) is 0. The standard InChI is InChI=1S/C6H7ClOS/c7-5-2-1-3-9-6(5)4-8/h4H,1-3H2. The lowest BCUT2D eigenvalue weighted by molar-refractivity contribution is -0.104. The summed E-state index contributed by atoms with van der Waals surface area (Å²) in [6, 6.07) is 0. The van der Waals surface area contributed by atoms with Crippen LogP contribution in [0.2, 0.25) is 0 Å². The summed E-state index contributed by atoms with van der Waals surface area (Å²) in [5.74, 6) is 1.03. The Morgan fingerprint density at radius 3 is 2.89 bits per heavy atom. The van der Waals surface area contributed by atoms with Gasteiger partial charge in [-0.1, -0.05) is 11.6 Å². The second-order valence-electron chi connectivity index (χ2n) is 1.84. The smallest absolute Gasteiger partial charge is 0.157 e.